The first-order valence-electron chi connectivity index (χ1n) is 7.83. The van der Waals surface area contributed by atoms with Gasteiger partial charge < -0.3 is 14.8 Å². The first kappa shape index (κ1) is 17.2. The van der Waals surface area contributed by atoms with Gasteiger partial charge in [-0.3, -0.25) is 9.69 Å². The van der Waals surface area contributed by atoms with Crippen molar-refractivity contribution in [2.75, 3.05) is 39.5 Å². The van der Waals surface area contributed by atoms with Gasteiger partial charge in [-0.05, 0) is 24.3 Å². The largest absolute Gasteiger partial charge is 0.416 e. The lowest BCUT2D eigenvalue weighted by Gasteiger charge is -2.34. The summed E-state index contributed by atoms with van der Waals surface area (Å²) in [6.07, 6.45) is -4.41. The zero-order chi connectivity index (χ0) is 17.2. The van der Waals surface area contributed by atoms with Crippen molar-refractivity contribution in [2.24, 2.45) is 0 Å². The molecule has 0 spiro atoms. The molecule has 1 aromatic rings. The molecule has 2 saturated heterocycles. The highest BCUT2D eigenvalue weighted by Gasteiger charge is 2.35. The van der Waals surface area contributed by atoms with Crippen LogP contribution in [-0.4, -0.2) is 62.4 Å². The quantitative estimate of drug-likeness (QED) is 0.904. The molecular formula is C16H19F3N2O3. The molecule has 0 aliphatic carbocycles. The topological polar surface area (TPSA) is 50.8 Å². The number of nitrogens with zero attached hydrogens (tertiary/aromatic N) is 1. The van der Waals surface area contributed by atoms with E-state index in [-0.39, 0.29) is 17.6 Å². The monoisotopic (exact) mass is 344 g/mol. The van der Waals surface area contributed by atoms with Crippen molar-refractivity contribution in [3.63, 3.8) is 0 Å². The fourth-order valence-corrected chi connectivity index (χ4v) is 3.01. The van der Waals surface area contributed by atoms with Crippen LogP contribution in [0.15, 0.2) is 24.3 Å². The van der Waals surface area contributed by atoms with E-state index in [2.05, 4.69) is 10.2 Å². The molecule has 1 aromatic carbocycles. The Labute approximate surface area is 137 Å². The van der Waals surface area contributed by atoms with Gasteiger partial charge in [-0.15, -0.1) is 0 Å². The van der Waals surface area contributed by atoms with Crippen LogP contribution in [0, 0.1) is 0 Å². The van der Waals surface area contributed by atoms with E-state index in [1.54, 1.807) is 0 Å². The molecule has 0 unspecified atom stereocenters. The van der Waals surface area contributed by atoms with Crippen molar-refractivity contribution in [1.82, 2.24) is 10.2 Å². The lowest BCUT2D eigenvalue weighted by atomic mass is 10.1. The summed E-state index contributed by atoms with van der Waals surface area (Å²) in [5, 5.41) is 2.87. The number of rotatable bonds is 3. The Kier molecular flexibility index (Phi) is 5.07. The molecule has 24 heavy (non-hydrogen) atoms. The molecule has 2 aliphatic heterocycles. The summed E-state index contributed by atoms with van der Waals surface area (Å²) >= 11 is 0. The third-order valence-electron chi connectivity index (χ3n) is 4.36. The Morgan fingerprint density at radius 2 is 1.75 bits per heavy atom. The van der Waals surface area contributed by atoms with Crippen molar-refractivity contribution < 1.29 is 27.4 Å². The summed E-state index contributed by atoms with van der Waals surface area (Å²) in [4.78, 5) is 14.5. The molecule has 0 aromatic heterocycles. The van der Waals surface area contributed by atoms with Crippen LogP contribution < -0.4 is 5.32 Å². The first-order chi connectivity index (χ1) is 11.4. The van der Waals surface area contributed by atoms with Gasteiger partial charge in [0, 0.05) is 18.7 Å². The average Bonchev–Trinajstić information content (AvgIpc) is 3.03. The van der Waals surface area contributed by atoms with Crippen molar-refractivity contribution in [3.8, 4) is 0 Å². The molecule has 132 valence electrons. The molecule has 5 nitrogen and oxygen atoms in total. The number of carbonyl (C=O) groups excluding carboxylic acids is 1. The van der Waals surface area contributed by atoms with Gasteiger partial charge in [0.1, 0.15) is 0 Å². The second kappa shape index (κ2) is 7.08. The fraction of sp³-hybridized carbons (Fsp3) is 0.562. The fourth-order valence-electron chi connectivity index (χ4n) is 3.01. The standard InChI is InChI=1S/C16H19F3N2O3/c17-16(18,19)12-3-1-11(2-4-12)15(22)20-13-9-24-10-14(13)21-5-7-23-8-6-21/h1-4,13-14H,5-10H2,(H,20,22)/t13-,14-/m0/s1. The molecule has 0 saturated carbocycles. The third-order valence-corrected chi connectivity index (χ3v) is 4.36. The van der Waals surface area contributed by atoms with Gasteiger partial charge in [0.15, 0.2) is 0 Å². The molecule has 1 amide bonds. The number of hydrogen-bond acceptors (Lipinski definition) is 4. The van der Waals surface area contributed by atoms with E-state index >= 15 is 0 Å². The third kappa shape index (κ3) is 3.88. The van der Waals surface area contributed by atoms with Crippen LogP contribution in [0.5, 0.6) is 0 Å². The highest BCUT2D eigenvalue weighted by molar-refractivity contribution is 5.94. The molecule has 1 N–H and O–H groups in total. The Morgan fingerprint density at radius 3 is 2.38 bits per heavy atom. The molecule has 8 heteroatoms. The van der Waals surface area contributed by atoms with Gasteiger partial charge >= 0.3 is 6.18 Å². The summed E-state index contributed by atoms with van der Waals surface area (Å²) in [7, 11) is 0. The van der Waals surface area contributed by atoms with Crippen molar-refractivity contribution in [2.45, 2.75) is 18.3 Å². The smallest absolute Gasteiger partial charge is 0.379 e. The minimum Gasteiger partial charge on any atom is -0.379 e. The highest BCUT2D eigenvalue weighted by Crippen LogP contribution is 2.29. The van der Waals surface area contributed by atoms with Gasteiger partial charge in [-0.25, -0.2) is 0 Å². The summed E-state index contributed by atoms with van der Waals surface area (Å²) in [5.41, 5.74) is -0.565. The molecule has 0 radical (unpaired) electrons. The number of benzene rings is 1. The van der Waals surface area contributed by atoms with Crippen LogP contribution in [0.3, 0.4) is 0 Å². The van der Waals surface area contributed by atoms with Crippen LogP contribution in [0.25, 0.3) is 0 Å². The van der Waals surface area contributed by atoms with E-state index in [9.17, 15) is 18.0 Å². The molecular weight excluding hydrogens is 325 g/mol. The number of halogens is 3. The van der Waals surface area contributed by atoms with Gasteiger partial charge in [-0.2, -0.15) is 13.2 Å². The summed E-state index contributed by atoms with van der Waals surface area (Å²) < 4.78 is 48.5. The van der Waals surface area contributed by atoms with E-state index in [1.807, 2.05) is 0 Å². The number of morpholine rings is 1. The van der Waals surface area contributed by atoms with E-state index in [1.165, 1.54) is 12.1 Å². The Balaban J connectivity index is 1.63. The lowest BCUT2D eigenvalue weighted by molar-refractivity contribution is -0.137. The average molecular weight is 344 g/mol. The maximum absolute atomic E-state index is 12.6. The van der Waals surface area contributed by atoms with Crippen LogP contribution >= 0.6 is 0 Å². The van der Waals surface area contributed by atoms with Crippen molar-refractivity contribution in [1.29, 1.82) is 0 Å². The van der Waals surface area contributed by atoms with Crippen LogP contribution in [-0.2, 0) is 15.7 Å². The first-order valence-corrected chi connectivity index (χ1v) is 7.83. The molecule has 2 aliphatic rings. The normalized spacial score (nSPS) is 25.6. The second-order valence-electron chi connectivity index (χ2n) is 5.91. The van der Waals surface area contributed by atoms with Gasteiger partial charge in [0.2, 0.25) is 0 Å². The van der Waals surface area contributed by atoms with E-state index in [4.69, 9.17) is 9.47 Å². The van der Waals surface area contributed by atoms with Gasteiger partial charge in [0.05, 0.1) is 44.1 Å². The predicted molar refractivity (Wildman–Crippen MR) is 79.7 cm³/mol. The Hall–Kier alpha value is -1.64. The van der Waals surface area contributed by atoms with Crippen LogP contribution in [0.1, 0.15) is 15.9 Å². The number of hydrogen-bond donors (Lipinski definition) is 1. The molecule has 0 bridgehead atoms. The number of nitrogens with one attached hydrogen (secondary N) is 1. The summed E-state index contributed by atoms with van der Waals surface area (Å²) in [6.45, 7) is 3.78. The molecule has 2 heterocycles. The zero-order valence-corrected chi connectivity index (χ0v) is 13.0. The second-order valence-corrected chi connectivity index (χ2v) is 5.91. The Bertz CT molecular complexity index is 571. The lowest BCUT2D eigenvalue weighted by Crippen LogP contribution is -2.54. The minimum absolute atomic E-state index is 0.0623. The maximum Gasteiger partial charge on any atom is 0.416 e. The van der Waals surface area contributed by atoms with E-state index in [0.29, 0.717) is 26.4 Å². The predicted octanol–water partition coefficient (Wildman–Crippen LogP) is 1.53. The van der Waals surface area contributed by atoms with E-state index in [0.717, 1.165) is 25.2 Å². The number of alkyl halides is 3. The number of ether oxygens (including phenoxy) is 2. The molecule has 2 atom stereocenters. The van der Waals surface area contributed by atoms with Crippen molar-refractivity contribution >= 4 is 5.91 Å². The molecule has 2 fully saturated rings. The highest BCUT2D eigenvalue weighted by atomic mass is 19.4. The molecule has 3 rings (SSSR count). The van der Waals surface area contributed by atoms with Crippen molar-refractivity contribution in [3.05, 3.63) is 35.4 Å². The van der Waals surface area contributed by atoms with Crippen LogP contribution in [0.4, 0.5) is 13.2 Å². The summed E-state index contributed by atoms with van der Waals surface area (Å²) in [5.74, 6) is -0.391. The summed E-state index contributed by atoms with van der Waals surface area (Å²) in [6, 6.07) is 4.10. The number of amides is 1. The zero-order valence-electron chi connectivity index (χ0n) is 13.0. The maximum atomic E-state index is 12.6. The van der Waals surface area contributed by atoms with E-state index < -0.39 is 17.6 Å². The van der Waals surface area contributed by atoms with Gasteiger partial charge in [-0.1, -0.05) is 0 Å². The SMILES string of the molecule is O=C(N[C@H]1COC[C@@H]1N1CCOCC1)c1ccc(C(F)(F)F)cc1. The van der Waals surface area contributed by atoms with Gasteiger partial charge in [0.25, 0.3) is 5.91 Å². The number of carbonyl (C=O) groups is 1. The Morgan fingerprint density at radius 1 is 1.08 bits per heavy atom. The van der Waals surface area contributed by atoms with Crippen LogP contribution in [0.2, 0.25) is 0 Å². The minimum atomic E-state index is -4.41.